The zero-order valence-corrected chi connectivity index (χ0v) is 18.1. The number of rotatable bonds is 3. The number of alkyl halides is 3. The van der Waals surface area contributed by atoms with E-state index in [0.29, 0.717) is 25.1 Å². The molecule has 11 heteroatoms. The number of imidazole rings is 1. The van der Waals surface area contributed by atoms with Crippen LogP contribution in [0.4, 0.5) is 13.2 Å². The van der Waals surface area contributed by atoms with Crippen LogP contribution >= 0.6 is 11.6 Å². The molecule has 0 spiro atoms. The third kappa shape index (κ3) is 3.80. The molecular weight excluding hydrogens is 459 g/mol. The number of aromatic nitrogens is 4. The van der Waals surface area contributed by atoms with E-state index in [4.69, 9.17) is 16.0 Å². The molecule has 0 aromatic carbocycles. The lowest BCUT2D eigenvalue weighted by molar-refractivity contribution is -0.136. The summed E-state index contributed by atoms with van der Waals surface area (Å²) in [5.74, 6) is -0.525. The summed E-state index contributed by atoms with van der Waals surface area (Å²) in [4.78, 5) is 18.7. The third-order valence-corrected chi connectivity index (χ3v) is 5.96. The predicted molar refractivity (Wildman–Crippen MR) is 115 cm³/mol. The van der Waals surface area contributed by atoms with Crippen molar-refractivity contribution in [2.45, 2.75) is 12.6 Å². The monoisotopic (exact) mass is 475 g/mol. The molecule has 5 rings (SSSR count). The van der Waals surface area contributed by atoms with Gasteiger partial charge in [-0.3, -0.25) is 13.9 Å². The maximum atomic E-state index is 13.8. The Morgan fingerprint density at radius 1 is 1.21 bits per heavy atom. The van der Waals surface area contributed by atoms with Gasteiger partial charge in [-0.1, -0.05) is 17.7 Å². The Morgan fingerprint density at radius 2 is 2.03 bits per heavy atom. The van der Waals surface area contributed by atoms with Crippen LogP contribution in [0.3, 0.4) is 0 Å². The summed E-state index contributed by atoms with van der Waals surface area (Å²) in [5, 5.41) is 3.98. The summed E-state index contributed by atoms with van der Waals surface area (Å²) in [6, 6.07) is 2.51. The Kier molecular flexibility index (Phi) is 5.04. The van der Waals surface area contributed by atoms with E-state index in [1.165, 1.54) is 29.7 Å². The number of aryl methyl sites for hydroxylation is 1. The molecule has 0 aliphatic carbocycles. The molecule has 0 saturated carbocycles. The standard InChI is InChI=1S/C22H17ClF3N5O2/c1-29-10-16(9-27-29)13-2-5-30(6-3-13)21(32)18-19(23)31-11-15(14-4-7-33-12-14)8-17(20(31)28-18)22(24,25)26/h2,4,7-12H,3,5-6H2,1H3. The summed E-state index contributed by atoms with van der Waals surface area (Å²) in [6.07, 6.45) is 5.54. The van der Waals surface area contributed by atoms with Gasteiger partial charge in [-0.25, -0.2) is 4.98 Å². The molecule has 1 aliphatic heterocycles. The average Bonchev–Trinajstić information content (AvgIpc) is 3.53. The van der Waals surface area contributed by atoms with E-state index in [2.05, 4.69) is 10.1 Å². The van der Waals surface area contributed by atoms with E-state index < -0.39 is 23.3 Å². The van der Waals surface area contributed by atoms with Gasteiger partial charge in [0.25, 0.3) is 5.91 Å². The van der Waals surface area contributed by atoms with Crippen LogP contribution in [0.5, 0.6) is 0 Å². The van der Waals surface area contributed by atoms with Crippen LogP contribution < -0.4 is 0 Å². The number of amides is 1. The first-order valence-corrected chi connectivity index (χ1v) is 10.4. The minimum absolute atomic E-state index is 0.173. The van der Waals surface area contributed by atoms with Gasteiger partial charge in [-0.2, -0.15) is 18.3 Å². The van der Waals surface area contributed by atoms with Crippen molar-refractivity contribution in [2.24, 2.45) is 7.05 Å². The van der Waals surface area contributed by atoms with Gasteiger partial charge < -0.3 is 9.32 Å². The van der Waals surface area contributed by atoms with E-state index in [0.717, 1.165) is 21.6 Å². The van der Waals surface area contributed by atoms with E-state index in [9.17, 15) is 18.0 Å². The molecule has 0 atom stereocenters. The summed E-state index contributed by atoms with van der Waals surface area (Å²) in [7, 11) is 1.82. The normalized spacial score (nSPS) is 14.7. The third-order valence-electron chi connectivity index (χ3n) is 5.60. The Balaban J connectivity index is 1.52. The number of halogens is 4. The number of furan rings is 1. The Bertz CT molecular complexity index is 1390. The van der Waals surface area contributed by atoms with Crippen molar-refractivity contribution in [3.8, 4) is 11.1 Å². The van der Waals surface area contributed by atoms with E-state index >= 15 is 0 Å². The van der Waals surface area contributed by atoms with Gasteiger partial charge in [0.15, 0.2) is 11.3 Å². The average molecular weight is 476 g/mol. The highest BCUT2D eigenvalue weighted by Gasteiger charge is 2.36. The van der Waals surface area contributed by atoms with Gasteiger partial charge in [-0.15, -0.1) is 0 Å². The molecule has 0 fully saturated rings. The SMILES string of the molecule is Cn1cc(C2=CCN(C(=O)c3nc4c(C(F)(F)F)cc(-c5ccoc5)cn4c3Cl)CC2)cn1. The highest BCUT2D eigenvalue weighted by atomic mass is 35.5. The fourth-order valence-electron chi connectivity index (χ4n) is 3.90. The first kappa shape index (κ1) is 21.3. The van der Waals surface area contributed by atoms with Crippen LogP contribution in [0.15, 0.2) is 53.7 Å². The van der Waals surface area contributed by atoms with E-state index in [1.807, 2.05) is 19.3 Å². The summed E-state index contributed by atoms with van der Waals surface area (Å²) >= 11 is 6.39. The fourth-order valence-corrected chi connectivity index (χ4v) is 4.15. The number of hydrogen-bond acceptors (Lipinski definition) is 4. The highest BCUT2D eigenvalue weighted by Crippen LogP contribution is 2.37. The summed E-state index contributed by atoms with van der Waals surface area (Å²) in [5.41, 5.74) is 1.08. The topological polar surface area (TPSA) is 68.6 Å². The van der Waals surface area contributed by atoms with Gasteiger partial charge in [0.2, 0.25) is 0 Å². The number of fused-ring (bicyclic) bond motifs is 1. The van der Waals surface area contributed by atoms with Crippen molar-refractivity contribution in [2.75, 3.05) is 13.1 Å². The minimum Gasteiger partial charge on any atom is -0.472 e. The van der Waals surface area contributed by atoms with Crippen molar-refractivity contribution < 1.29 is 22.4 Å². The second-order valence-electron chi connectivity index (χ2n) is 7.73. The zero-order chi connectivity index (χ0) is 23.3. The predicted octanol–water partition coefficient (Wildman–Crippen LogP) is 4.93. The quantitative estimate of drug-likeness (QED) is 0.421. The van der Waals surface area contributed by atoms with Crippen LogP contribution in [-0.2, 0) is 13.2 Å². The maximum absolute atomic E-state index is 13.8. The molecule has 33 heavy (non-hydrogen) atoms. The number of hydrogen-bond donors (Lipinski definition) is 0. The molecular formula is C22H17ClF3N5O2. The van der Waals surface area contributed by atoms with Gasteiger partial charge in [0, 0.05) is 49.2 Å². The lowest BCUT2D eigenvalue weighted by Gasteiger charge is -2.25. The Morgan fingerprint density at radius 3 is 2.64 bits per heavy atom. The second-order valence-corrected chi connectivity index (χ2v) is 8.09. The van der Waals surface area contributed by atoms with Crippen LogP contribution in [0.25, 0.3) is 22.3 Å². The number of nitrogens with zero attached hydrogens (tertiary/aromatic N) is 5. The van der Waals surface area contributed by atoms with Crippen LogP contribution in [-0.4, -0.2) is 43.1 Å². The van der Waals surface area contributed by atoms with E-state index in [1.54, 1.807) is 10.9 Å². The van der Waals surface area contributed by atoms with Crippen molar-refractivity contribution in [3.05, 3.63) is 71.3 Å². The van der Waals surface area contributed by atoms with Crippen LogP contribution in [0, 0.1) is 0 Å². The van der Waals surface area contributed by atoms with E-state index in [-0.39, 0.29) is 16.4 Å². The van der Waals surface area contributed by atoms with Crippen molar-refractivity contribution >= 4 is 28.7 Å². The van der Waals surface area contributed by atoms with Crippen molar-refractivity contribution in [1.82, 2.24) is 24.1 Å². The van der Waals surface area contributed by atoms with Crippen molar-refractivity contribution in [3.63, 3.8) is 0 Å². The lowest BCUT2D eigenvalue weighted by Crippen LogP contribution is -2.35. The Hall–Kier alpha value is -3.53. The minimum atomic E-state index is -4.69. The first-order valence-electron chi connectivity index (χ1n) is 10.0. The molecule has 4 aromatic rings. The van der Waals surface area contributed by atoms with Crippen LogP contribution in [0.2, 0.25) is 5.15 Å². The summed E-state index contributed by atoms with van der Waals surface area (Å²) < 4.78 is 49.2. The van der Waals surface area contributed by atoms with Gasteiger partial charge in [0.1, 0.15) is 5.15 Å². The Labute approximate surface area is 190 Å². The molecule has 0 unspecified atom stereocenters. The molecule has 0 N–H and O–H groups in total. The number of pyridine rings is 1. The molecule has 0 saturated heterocycles. The maximum Gasteiger partial charge on any atom is 0.420 e. The van der Waals surface area contributed by atoms with Gasteiger partial charge in [0.05, 0.1) is 24.3 Å². The summed E-state index contributed by atoms with van der Waals surface area (Å²) in [6.45, 7) is 0.676. The molecule has 0 bridgehead atoms. The number of carbonyl (C=O) groups is 1. The molecule has 4 aromatic heterocycles. The molecule has 1 aliphatic rings. The highest BCUT2D eigenvalue weighted by molar-refractivity contribution is 6.33. The molecule has 7 nitrogen and oxygen atoms in total. The molecule has 170 valence electrons. The largest absolute Gasteiger partial charge is 0.472 e. The van der Waals surface area contributed by atoms with Crippen LogP contribution in [0.1, 0.15) is 28.0 Å². The first-order chi connectivity index (χ1) is 15.7. The van der Waals surface area contributed by atoms with Gasteiger partial charge in [-0.05, 0) is 24.1 Å². The zero-order valence-electron chi connectivity index (χ0n) is 17.3. The van der Waals surface area contributed by atoms with Crippen molar-refractivity contribution in [1.29, 1.82) is 0 Å². The second kappa shape index (κ2) is 7.80. The van der Waals surface area contributed by atoms with Gasteiger partial charge >= 0.3 is 6.18 Å². The molecule has 0 radical (unpaired) electrons. The fraction of sp³-hybridized carbons (Fsp3) is 0.227. The lowest BCUT2D eigenvalue weighted by atomic mass is 10.0. The number of carbonyl (C=O) groups excluding carboxylic acids is 1. The molecule has 5 heterocycles. The smallest absolute Gasteiger partial charge is 0.420 e. The molecule has 1 amide bonds.